The third-order valence-corrected chi connectivity index (χ3v) is 3.35. The summed E-state index contributed by atoms with van der Waals surface area (Å²) in [6.07, 6.45) is 1.85. The van der Waals surface area contributed by atoms with Gasteiger partial charge in [-0.3, -0.25) is 4.79 Å². The molecule has 4 nitrogen and oxygen atoms in total. The molecule has 18 heavy (non-hydrogen) atoms. The molecule has 0 aliphatic carbocycles. The van der Waals surface area contributed by atoms with Crippen molar-refractivity contribution in [1.29, 1.82) is 0 Å². The molecule has 2 rings (SSSR count). The molecule has 1 aromatic rings. The van der Waals surface area contributed by atoms with Gasteiger partial charge in [-0.05, 0) is 50.7 Å². The van der Waals surface area contributed by atoms with Crippen molar-refractivity contribution < 1.29 is 4.79 Å². The van der Waals surface area contributed by atoms with Crippen LogP contribution in [0.5, 0.6) is 0 Å². The highest BCUT2D eigenvalue weighted by atomic mass is 16.1. The Balaban J connectivity index is 1.97. The highest BCUT2D eigenvalue weighted by molar-refractivity contribution is 5.94. The Bertz CT molecular complexity index is 419. The van der Waals surface area contributed by atoms with Crippen molar-refractivity contribution in [1.82, 2.24) is 10.2 Å². The van der Waals surface area contributed by atoms with Crippen LogP contribution in [-0.4, -0.2) is 43.5 Å². The molecule has 1 aliphatic rings. The van der Waals surface area contributed by atoms with Gasteiger partial charge in [0.25, 0.3) is 5.91 Å². The second-order valence-corrected chi connectivity index (χ2v) is 4.96. The fourth-order valence-electron chi connectivity index (χ4n) is 2.36. The number of nitrogens with two attached hydrogens (primary N) is 1. The third kappa shape index (κ3) is 3.31. The van der Waals surface area contributed by atoms with Crippen molar-refractivity contribution in [2.24, 2.45) is 5.73 Å². The fraction of sp³-hybridized carbons (Fsp3) is 0.500. The van der Waals surface area contributed by atoms with E-state index < -0.39 is 0 Å². The molecule has 1 aromatic carbocycles. The predicted molar refractivity (Wildman–Crippen MR) is 72.6 cm³/mol. The highest BCUT2D eigenvalue weighted by Crippen LogP contribution is 2.09. The average Bonchev–Trinajstić information content (AvgIpc) is 2.75. The Hall–Kier alpha value is -1.39. The lowest BCUT2D eigenvalue weighted by Crippen LogP contribution is -2.36. The molecule has 0 aromatic heterocycles. The van der Waals surface area contributed by atoms with E-state index in [2.05, 4.69) is 17.3 Å². The first-order valence-corrected chi connectivity index (χ1v) is 6.47. The maximum absolute atomic E-state index is 12.1. The summed E-state index contributed by atoms with van der Waals surface area (Å²) in [6, 6.07) is 7.99. The minimum absolute atomic E-state index is 0.0224. The van der Waals surface area contributed by atoms with Crippen LogP contribution in [0.1, 0.15) is 22.3 Å². The minimum Gasteiger partial charge on any atom is -0.348 e. The first-order valence-electron chi connectivity index (χ1n) is 6.47. The van der Waals surface area contributed by atoms with E-state index in [1.807, 2.05) is 24.3 Å². The monoisotopic (exact) mass is 247 g/mol. The molecule has 1 fully saturated rings. The zero-order valence-electron chi connectivity index (χ0n) is 10.9. The number of likely N-dealkylation sites (tertiary alicyclic amines) is 1. The number of carbonyl (C=O) groups is 1. The average molecular weight is 247 g/mol. The molecular formula is C14H21N3O. The van der Waals surface area contributed by atoms with E-state index >= 15 is 0 Å². The lowest BCUT2D eigenvalue weighted by atomic mass is 10.1. The highest BCUT2D eigenvalue weighted by Gasteiger charge is 2.21. The number of likely N-dealkylation sites (N-methyl/N-ethyl adjacent to an activating group) is 1. The van der Waals surface area contributed by atoms with Gasteiger partial charge in [-0.1, -0.05) is 12.1 Å². The summed E-state index contributed by atoms with van der Waals surface area (Å²) in [5, 5.41) is 3.08. The second kappa shape index (κ2) is 5.98. The Morgan fingerprint density at radius 1 is 1.56 bits per heavy atom. The first kappa shape index (κ1) is 13.1. The maximum Gasteiger partial charge on any atom is 0.251 e. The van der Waals surface area contributed by atoms with Gasteiger partial charge < -0.3 is 16.0 Å². The first-order chi connectivity index (χ1) is 8.69. The molecule has 0 spiro atoms. The SMILES string of the molecule is CN1CCC(NC(=O)c2cccc(CCN)c2)C1. The van der Waals surface area contributed by atoms with E-state index in [-0.39, 0.29) is 11.9 Å². The normalized spacial score (nSPS) is 20.0. The van der Waals surface area contributed by atoms with Gasteiger partial charge in [0.15, 0.2) is 0 Å². The molecule has 1 heterocycles. The van der Waals surface area contributed by atoms with E-state index in [1.54, 1.807) is 0 Å². The maximum atomic E-state index is 12.1. The van der Waals surface area contributed by atoms with Gasteiger partial charge in [0, 0.05) is 18.2 Å². The Labute approximate surface area is 108 Å². The molecule has 1 atom stereocenters. The van der Waals surface area contributed by atoms with Crippen LogP contribution < -0.4 is 11.1 Å². The molecule has 1 amide bonds. The van der Waals surface area contributed by atoms with Gasteiger partial charge in [-0.2, -0.15) is 0 Å². The van der Waals surface area contributed by atoms with E-state index in [4.69, 9.17) is 5.73 Å². The summed E-state index contributed by atoms with van der Waals surface area (Å²) in [5.74, 6) is 0.0224. The van der Waals surface area contributed by atoms with Crippen molar-refractivity contribution in [3.8, 4) is 0 Å². The number of nitrogens with zero attached hydrogens (tertiary/aromatic N) is 1. The number of hydrogen-bond acceptors (Lipinski definition) is 3. The van der Waals surface area contributed by atoms with Crippen molar-refractivity contribution in [3.05, 3.63) is 35.4 Å². The van der Waals surface area contributed by atoms with Crippen LogP contribution >= 0.6 is 0 Å². The molecule has 1 unspecified atom stereocenters. The number of carbonyl (C=O) groups excluding carboxylic acids is 1. The van der Waals surface area contributed by atoms with Crippen LogP contribution in [-0.2, 0) is 6.42 Å². The van der Waals surface area contributed by atoms with E-state index in [1.165, 1.54) is 0 Å². The van der Waals surface area contributed by atoms with Gasteiger partial charge in [0.2, 0.25) is 0 Å². The summed E-state index contributed by atoms with van der Waals surface area (Å²) < 4.78 is 0. The second-order valence-electron chi connectivity index (χ2n) is 4.96. The van der Waals surface area contributed by atoms with Gasteiger partial charge in [-0.15, -0.1) is 0 Å². The predicted octanol–water partition coefficient (Wildman–Crippen LogP) is 0.622. The molecule has 4 heteroatoms. The smallest absolute Gasteiger partial charge is 0.251 e. The number of benzene rings is 1. The van der Waals surface area contributed by atoms with Crippen molar-refractivity contribution in [2.75, 3.05) is 26.7 Å². The summed E-state index contributed by atoms with van der Waals surface area (Å²) in [4.78, 5) is 14.3. The molecule has 0 saturated carbocycles. The zero-order chi connectivity index (χ0) is 13.0. The molecule has 1 aliphatic heterocycles. The quantitative estimate of drug-likeness (QED) is 0.820. The lowest BCUT2D eigenvalue weighted by Gasteiger charge is -2.13. The Morgan fingerprint density at radius 3 is 3.06 bits per heavy atom. The summed E-state index contributed by atoms with van der Waals surface area (Å²) >= 11 is 0. The summed E-state index contributed by atoms with van der Waals surface area (Å²) in [6.45, 7) is 2.60. The standard InChI is InChI=1S/C14H21N3O/c1-17-8-6-13(10-17)16-14(18)12-4-2-3-11(9-12)5-7-15/h2-4,9,13H,5-8,10,15H2,1H3,(H,16,18). The topological polar surface area (TPSA) is 58.4 Å². The van der Waals surface area contributed by atoms with Gasteiger partial charge in [0.05, 0.1) is 0 Å². The van der Waals surface area contributed by atoms with E-state index in [0.29, 0.717) is 6.54 Å². The van der Waals surface area contributed by atoms with Crippen molar-refractivity contribution >= 4 is 5.91 Å². The summed E-state index contributed by atoms with van der Waals surface area (Å²) in [7, 11) is 2.08. The molecular weight excluding hydrogens is 226 g/mol. The number of hydrogen-bond donors (Lipinski definition) is 2. The molecule has 0 bridgehead atoms. The van der Waals surface area contributed by atoms with Gasteiger partial charge in [-0.25, -0.2) is 0 Å². The zero-order valence-corrected chi connectivity index (χ0v) is 10.9. The van der Waals surface area contributed by atoms with Gasteiger partial charge >= 0.3 is 0 Å². The largest absolute Gasteiger partial charge is 0.348 e. The minimum atomic E-state index is 0.0224. The van der Waals surface area contributed by atoms with Gasteiger partial charge in [0.1, 0.15) is 0 Å². The van der Waals surface area contributed by atoms with Crippen LogP contribution in [0.15, 0.2) is 24.3 Å². The van der Waals surface area contributed by atoms with Crippen molar-refractivity contribution in [2.45, 2.75) is 18.9 Å². The number of rotatable bonds is 4. The summed E-state index contributed by atoms with van der Waals surface area (Å²) in [5.41, 5.74) is 7.38. The van der Waals surface area contributed by atoms with Crippen LogP contribution in [0.3, 0.4) is 0 Å². The van der Waals surface area contributed by atoms with E-state index in [9.17, 15) is 4.79 Å². The molecule has 0 radical (unpaired) electrons. The van der Waals surface area contributed by atoms with E-state index in [0.717, 1.165) is 37.1 Å². The Kier molecular flexibility index (Phi) is 4.33. The van der Waals surface area contributed by atoms with Crippen LogP contribution in [0.25, 0.3) is 0 Å². The Morgan fingerprint density at radius 2 is 2.39 bits per heavy atom. The fourth-order valence-corrected chi connectivity index (χ4v) is 2.36. The lowest BCUT2D eigenvalue weighted by molar-refractivity contribution is 0.0938. The van der Waals surface area contributed by atoms with Crippen LogP contribution in [0, 0.1) is 0 Å². The van der Waals surface area contributed by atoms with Crippen molar-refractivity contribution in [3.63, 3.8) is 0 Å². The third-order valence-electron chi connectivity index (χ3n) is 3.35. The van der Waals surface area contributed by atoms with Crippen LogP contribution in [0.4, 0.5) is 0 Å². The number of amides is 1. The van der Waals surface area contributed by atoms with Crippen LogP contribution in [0.2, 0.25) is 0 Å². The molecule has 98 valence electrons. The molecule has 3 N–H and O–H groups in total. The molecule has 1 saturated heterocycles. The number of nitrogens with one attached hydrogen (secondary N) is 1.